The molecule has 21 heavy (non-hydrogen) atoms. The lowest BCUT2D eigenvalue weighted by atomic mass is 10.0. The third kappa shape index (κ3) is 3.19. The number of ether oxygens (including phenoxy) is 1. The van der Waals surface area contributed by atoms with Crippen LogP contribution >= 0.6 is 0 Å². The molecule has 3 rings (SSSR count). The zero-order chi connectivity index (χ0) is 14.7. The summed E-state index contributed by atoms with van der Waals surface area (Å²) in [6.45, 7) is 3.19. The maximum atomic E-state index is 12.2. The van der Waals surface area contributed by atoms with Gasteiger partial charge in [-0.2, -0.15) is 0 Å². The van der Waals surface area contributed by atoms with Crippen LogP contribution in [0.4, 0.5) is 11.4 Å². The summed E-state index contributed by atoms with van der Waals surface area (Å²) >= 11 is 0. The van der Waals surface area contributed by atoms with E-state index < -0.39 is 5.60 Å². The number of aliphatic hydroxyl groups is 1. The third-order valence-electron chi connectivity index (χ3n) is 4.33. The molecule has 0 bridgehead atoms. The zero-order valence-corrected chi connectivity index (χ0v) is 12.2. The van der Waals surface area contributed by atoms with E-state index >= 15 is 0 Å². The van der Waals surface area contributed by atoms with Gasteiger partial charge in [-0.1, -0.05) is 6.07 Å². The Labute approximate surface area is 124 Å². The Morgan fingerprint density at radius 1 is 1.24 bits per heavy atom. The van der Waals surface area contributed by atoms with Gasteiger partial charge in [-0.15, -0.1) is 0 Å². The summed E-state index contributed by atoms with van der Waals surface area (Å²) < 4.78 is 5.35. The molecule has 2 fully saturated rings. The van der Waals surface area contributed by atoms with E-state index in [-0.39, 0.29) is 5.91 Å². The van der Waals surface area contributed by atoms with E-state index in [2.05, 4.69) is 10.2 Å². The van der Waals surface area contributed by atoms with Gasteiger partial charge in [0.1, 0.15) is 5.60 Å². The largest absolute Gasteiger partial charge is 0.380 e. The molecule has 1 aliphatic carbocycles. The van der Waals surface area contributed by atoms with E-state index in [9.17, 15) is 9.90 Å². The van der Waals surface area contributed by atoms with Crippen LogP contribution in [0.25, 0.3) is 0 Å². The lowest BCUT2D eigenvalue weighted by molar-refractivity contribution is -0.133. The van der Waals surface area contributed by atoms with Crippen LogP contribution in [0.2, 0.25) is 0 Å². The second-order valence-corrected chi connectivity index (χ2v) is 5.84. The highest BCUT2D eigenvalue weighted by Crippen LogP contribution is 2.31. The van der Waals surface area contributed by atoms with Gasteiger partial charge in [0.2, 0.25) is 0 Å². The summed E-state index contributed by atoms with van der Waals surface area (Å²) in [6, 6.07) is 7.78. The molecule has 1 aromatic rings. The van der Waals surface area contributed by atoms with Gasteiger partial charge >= 0.3 is 0 Å². The van der Waals surface area contributed by atoms with E-state index in [4.69, 9.17) is 4.74 Å². The lowest BCUT2D eigenvalue weighted by Crippen LogP contribution is -2.40. The topological polar surface area (TPSA) is 61.8 Å². The van der Waals surface area contributed by atoms with Crippen molar-refractivity contribution in [2.24, 2.45) is 0 Å². The fourth-order valence-corrected chi connectivity index (χ4v) is 3.04. The number of carbonyl (C=O) groups excluding carboxylic acids is 1. The summed E-state index contributed by atoms with van der Waals surface area (Å²) in [5.41, 5.74) is 0.633. The van der Waals surface area contributed by atoms with E-state index in [1.54, 1.807) is 0 Å². The van der Waals surface area contributed by atoms with Crippen molar-refractivity contribution in [2.45, 2.75) is 31.3 Å². The fourth-order valence-electron chi connectivity index (χ4n) is 3.04. The van der Waals surface area contributed by atoms with Crippen LogP contribution in [-0.4, -0.2) is 42.9 Å². The molecule has 0 unspecified atom stereocenters. The number of nitrogens with zero attached hydrogens (tertiary/aromatic N) is 1. The SMILES string of the molecule is O=C(Nc1cccc(N2CCOCC2)c1)C1(O)CCCC1. The Morgan fingerprint density at radius 3 is 2.67 bits per heavy atom. The number of amides is 1. The minimum absolute atomic E-state index is 0.279. The van der Waals surface area contributed by atoms with E-state index in [0.717, 1.165) is 50.5 Å². The van der Waals surface area contributed by atoms with Gasteiger partial charge in [0.05, 0.1) is 13.2 Å². The average Bonchev–Trinajstić information content (AvgIpc) is 2.97. The Balaban J connectivity index is 1.69. The monoisotopic (exact) mass is 290 g/mol. The number of nitrogens with one attached hydrogen (secondary N) is 1. The van der Waals surface area contributed by atoms with Gasteiger partial charge in [-0.05, 0) is 43.9 Å². The van der Waals surface area contributed by atoms with Gasteiger partial charge in [-0.3, -0.25) is 4.79 Å². The second-order valence-electron chi connectivity index (χ2n) is 5.84. The molecular formula is C16H22N2O3. The van der Waals surface area contributed by atoms with Crippen molar-refractivity contribution in [3.63, 3.8) is 0 Å². The Kier molecular flexibility index (Phi) is 4.12. The number of anilines is 2. The molecule has 0 atom stereocenters. The molecule has 5 nitrogen and oxygen atoms in total. The predicted molar refractivity (Wildman–Crippen MR) is 81.5 cm³/mol. The Bertz CT molecular complexity index is 506. The molecule has 2 aliphatic rings. The van der Waals surface area contributed by atoms with Crippen molar-refractivity contribution in [1.82, 2.24) is 0 Å². The van der Waals surface area contributed by atoms with Crippen molar-refractivity contribution in [3.05, 3.63) is 24.3 Å². The quantitative estimate of drug-likeness (QED) is 0.890. The molecule has 0 radical (unpaired) electrons. The third-order valence-corrected chi connectivity index (χ3v) is 4.33. The van der Waals surface area contributed by atoms with E-state index in [1.807, 2.05) is 24.3 Å². The highest BCUT2D eigenvalue weighted by atomic mass is 16.5. The van der Waals surface area contributed by atoms with Crippen LogP contribution in [0.5, 0.6) is 0 Å². The molecule has 114 valence electrons. The van der Waals surface area contributed by atoms with Crippen LogP contribution in [-0.2, 0) is 9.53 Å². The molecule has 1 saturated heterocycles. The first-order chi connectivity index (χ1) is 10.2. The lowest BCUT2D eigenvalue weighted by Gasteiger charge is -2.29. The first kappa shape index (κ1) is 14.4. The smallest absolute Gasteiger partial charge is 0.256 e. The number of rotatable bonds is 3. The fraction of sp³-hybridized carbons (Fsp3) is 0.562. The first-order valence-corrected chi connectivity index (χ1v) is 7.64. The number of hydrogen-bond acceptors (Lipinski definition) is 4. The van der Waals surface area contributed by atoms with Gasteiger partial charge in [-0.25, -0.2) is 0 Å². The molecule has 0 aromatic heterocycles. The highest BCUT2D eigenvalue weighted by Gasteiger charge is 2.38. The van der Waals surface area contributed by atoms with Crippen LogP contribution in [0.15, 0.2) is 24.3 Å². The first-order valence-electron chi connectivity index (χ1n) is 7.64. The van der Waals surface area contributed by atoms with Crippen LogP contribution in [0, 0.1) is 0 Å². The predicted octanol–water partition coefficient (Wildman–Crippen LogP) is 1.77. The van der Waals surface area contributed by atoms with Gasteiger partial charge < -0.3 is 20.1 Å². The maximum Gasteiger partial charge on any atom is 0.256 e. The van der Waals surface area contributed by atoms with Gasteiger partial charge in [0.25, 0.3) is 5.91 Å². The number of carbonyl (C=O) groups is 1. The molecule has 5 heteroatoms. The standard InChI is InChI=1S/C16H22N2O3/c19-15(16(20)6-1-2-7-16)17-13-4-3-5-14(12-13)18-8-10-21-11-9-18/h3-5,12,20H,1-2,6-11H2,(H,17,19). The number of morpholine rings is 1. The molecule has 1 aromatic carbocycles. The van der Waals surface area contributed by atoms with Gasteiger partial charge in [0, 0.05) is 24.5 Å². The van der Waals surface area contributed by atoms with Crippen LogP contribution in [0.1, 0.15) is 25.7 Å². The van der Waals surface area contributed by atoms with Crippen molar-refractivity contribution in [3.8, 4) is 0 Å². The van der Waals surface area contributed by atoms with Crippen LogP contribution < -0.4 is 10.2 Å². The van der Waals surface area contributed by atoms with Gasteiger partial charge in [0.15, 0.2) is 0 Å². The summed E-state index contributed by atoms with van der Waals surface area (Å²) in [7, 11) is 0. The number of hydrogen-bond donors (Lipinski definition) is 2. The second kappa shape index (κ2) is 6.03. The summed E-state index contributed by atoms with van der Waals surface area (Å²) in [4.78, 5) is 14.5. The van der Waals surface area contributed by atoms with E-state index in [0.29, 0.717) is 12.8 Å². The van der Waals surface area contributed by atoms with Crippen molar-refractivity contribution in [1.29, 1.82) is 0 Å². The van der Waals surface area contributed by atoms with Crippen molar-refractivity contribution >= 4 is 17.3 Å². The summed E-state index contributed by atoms with van der Waals surface area (Å²) in [5, 5.41) is 13.2. The molecule has 1 saturated carbocycles. The minimum atomic E-state index is -1.19. The summed E-state index contributed by atoms with van der Waals surface area (Å²) in [5.74, 6) is -0.279. The number of benzene rings is 1. The Morgan fingerprint density at radius 2 is 1.95 bits per heavy atom. The normalized spacial score (nSPS) is 21.3. The molecular weight excluding hydrogens is 268 g/mol. The van der Waals surface area contributed by atoms with Crippen molar-refractivity contribution < 1.29 is 14.6 Å². The highest BCUT2D eigenvalue weighted by molar-refractivity contribution is 5.97. The maximum absolute atomic E-state index is 12.2. The molecule has 1 heterocycles. The summed E-state index contributed by atoms with van der Waals surface area (Å²) in [6.07, 6.45) is 2.94. The average molecular weight is 290 g/mol. The molecule has 0 spiro atoms. The Hall–Kier alpha value is -1.59. The van der Waals surface area contributed by atoms with Crippen LogP contribution in [0.3, 0.4) is 0 Å². The van der Waals surface area contributed by atoms with E-state index in [1.165, 1.54) is 0 Å². The minimum Gasteiger partial charge on any atom is -0.380 e. The molecule has 1 aliphatic heterocycles. The van der Waals surface area contributed by atoms with Crippen molar-refractivity contribution in [2.75, 3.05) is 36.5 Å². The molecule has 2 N–H and O–H groups in total. The zero-order valence-electron chi connectivity index (χ0n) is 12.2. The molecule has 1 amide bonds.